The fraction of sp³-hybridized carbons (Fsp3) is 0.389. The summed E-state index contributed by atoms with van der Waals surface area (Å²) in [5.41, 5.74) is 0.508. The first-order valence-electron chi connectivity index (χ1n) is 8.38. The van der Waals surface area contributed by atoms with E-state index in [-0.39, 0.29) is 11.1 Å². The number of carbonyl (C=O) groups excluding carboxylic acids is 1. The first kappa shape index (κ1) is 19.4. The molecule has 1 saturated heterocycles. The lowest BCUT2D eigenvalue weighted by molar-refractivity contribution is -0.112. The smallest absolute Gasteiger partial charge is 0.335 e. The molecule has 138 valence electrons. The number of nitriles is 1. The second-order valence-corrected chi connectivity index (χ2v) is 5.77. The van der Waals surface area contributed by atoms with Crippen molar-refractivity contribution >= 4 is 17.6 Å². The number of morpholine rings is 1. The van der Waals surface area contributed by atoms with Crippen molar-refractivity contribution < 1.29 is 19.4 Å². The molecule has 0 radical (unpaired) electrons. The number of ether oxygens (including phenoxy) is 1. The standard InChI is InChI=1S/C18H22N4O4/c19-12-15(13-20-6-1-7-22-8-10-26-11-9-22)17(23)21-16-4-2-14(3-5-16)18(24)25/h2-5,13,20H,1,6-11H2,(H,21,23)(H,24,25)/b15-13-. The molecule has 0 bridgehead atoms. The minimum Gasteiger partial charge on any atom is -0.478 e. The predicted molar refractivity (Wildman–Crippen MR) is 95.6 cm³/mol. The number of benzene rings is 1. The third-order valence-electron chi connectivity index (χ3n) is 3.90. The van der Waals surface area contributed by atoms with Gasteiger partial charge in [-0.25, -0.2) is 4.79 Å². The maximum absolute atomic E-state index is 12.1. The maximum atomic E-state index is 12.1. The number of amides is 1. The van der Waals surface area contributed by atoms with E-state index in [9.17, 15) is 9.59 Å². The molecule has 0 aromatic heterocycles. The first-order chi connectivity index (χ1) is 12.6. The van der Waals surface area contributed by atoms with Crippen LogP contribution in [0.5, 0.6) is 0 Å². The van der Waals surface area contributed by atoms with Gasteiger partial charge in [0.25, 0.3) is 5.91 Å². The highest BCUT2D eigenvalue weighted by Crippen LogP contribution is 2.10. The van der Waals surface area contributed by atoms with Gasteiger partial charge in [0.05, 0.1) is 18.8 Å². The van der Waals surface area contributed by atoms with Gasteiger partial charge < -0.3 is 20.5 Å². The van der Waals surface area contributed by atoms with E-state index in [4.69, 9.17) is 15.1 Å². The summed E-state index contributed by atoms with van der Waals surface area (Å²) in [4.78, 5) is 25.2. The van der Waals surface area contributed by atoms with Crippen LogP contribution in [0.2, 0.25) is 0 Å². The molecule has 0 unspecified atom stereocenters. The van der Waals surface area contributed by atoms with Crippen LogP contribution in [-0.4, -0.2) is 61.3 Å². The predicted octanol–water partition coefficient (Wildman–Crippen LogP) is 1.04. The zero-order valence-corrected chi connectivity index (χ0v) is 14.4. The minimum atomic E-state index is -1.04. The molecule has 1 aromatic rings. The number of carboxylic acid groups (broad SMARTS) is 1. The number of hydrogen-bond donors (Lipinski definition) is 3. The number of carboxylic acids is 1. The normalized spacial score (nSPS) is 15.1. The second-order valence-electron chi connectivity index (χ2n) is 5.77. The number of aromatic carboxylic acids is 1. The monoisotopic (exact) mass is 358 g/mol. The number of rotatable bonds is 8. The molecule has 1 fully saturated rings. The van der Waals surface area contributed by atoms with E-state index in [2.05, 4.69) is 15.5 Å². The Hall–Kier alpha value is -2.89. The van der Waals surface area contributed by atoms with Gasteiger partial charge in [0.2, 0.25) is 0 Å². The Balaban J connectivity index is 1.76. The zero-order valence-electron chi connectivity index (χ0n) is 14.4. The Morgan fingerprint density at radius 1 is 1.27 bits per heavy atom. The van der Waals surface area contributed by atoms with E-state index in [0.717, 1.165) is 39.3 Å². The SMILES string of the molecule is N#C/C(=C/NCCCN1CCOCC1)C(=O)Nc1ccc(C(=O)O)cc1. The summed E-state index contributed by atoms with van der Waals surface area (Å²) < 4.78 is 5.29. The van der Waals surface area contributed by atoms with Crippen molar-refractivity contribution in [2.75, 3.05) is 44.7 Å². The van der Waals surface area contributed by atoms with Gasteiger partial charge in [-0.1, -0.05) is 0 Å². The van der Waals surface area contributed by atoms with Crippen LogP contribution in [0.25, 0.3) is 0 Å². The Morgan fingerprint density at radius 3 is 2.58 bits per heavy atom. The molecule has 0 aliphatic carbocycles. The molecule has 1 heterocycles. The summed E-state index contributed by atoms with van der Waals surface area (Å²) in [5, 5.41) is 23.5. The van der Waals surface area contributed by atoms with Crippen LogP contribution >= 0.6 is 0 Å². The average Bonchev–Trinajstić information content (AvgIpc) is 2.66. The second kappa shape index (κ2) is 10.2. The van der Waals surface area contributed by atoms with E-state index in [1.54, 1.807) is 0 Å². The molecule has 2 rings (SSSR count). The van der Waals surface area contributed by atoms with Crippen molar-refractivity contribution in [1.29, 1.82) is 5.26 Å². The van der Waals surface area contributed by atoms with Crippen LogP contribution in [0.4, 0.5) is 5.69 Å². The lowest BCUT2D eigenvalue weighted by atomic mass is 10.2. The van der Waals surface area contributed by atoms with Gasteiger partial charge in [0, 0.05) is 31.5 Å². The van der Waals surface area contributed by atoms with Gasteiger partial charge in [0.15, 0.2) is 0 Å². The Morgan fingerprint density at radius 2 is 1.96 bits per heavy atom. The van der Waals surface area contributed by atoms with Crippen molar-refractivity contribution in [3.05, 3.63) is 41.6 Å². The molecular formula is C18H22N4O4. The molecule has 1 amide bonds. The largest absolute Gasteiger partial charge is 0.478 e. The molecule has 3 N–H and O–H groups in total. The highest BCUT2D eigenvalue weighted by molar-refractivity contribution is 6.06. The molecule has 0 saturated carbocycles. The molecule has 1 aliphatic rings. The number of carbonyl (C=O) groups is 2. The lowest BCUT2D eigenvalue weighted by Gasteiger charge is -2.26. The molecular weight excluding hydrogens is 336 g/mol. The molecule has 0 atom stereocenters. The van der Waals surface area contributed by atoms with Crippen molar-refractivity contribution in [3.63, 3.8) is 0 Å². The van der Waals surface area contributed by atoms with Crippen LogP contribution in [0.15, 0.2) is 36.0 Å². The number of anilines is 1. The quantitative estimate of drug-likeness (QED) is 0.361. The van der Waals surface area contributed by atoms with Crippen LogP contribution in [0, 0.1) is 11.3 Å². The average molecular weight is 358 g/mol. The highest BCUT2D eigenvalue weighted by Gasteiger charge is 2.11. The Kier molecular flexibility index (Phi) is 7.61. The summed E-state index contributed by atoms with van der Waals surface area (Å²) >= 11 is 0. The van der Waals surface area contributed by atoms with E-state index < -0.39 is 11.9 Å². The number of hydrogen-bond acceptors (Lipinski definition) is 6. The fourth-order valence-electron chi connectivity index (χ4n) is 2.45. The highest BCUT2D eigenvalue weighted by atomic mass is 16.5. The van der Waals surface area contributed by atoms with Gasteiger partial charge in [-0.15, -0.1) is 0 Å². The summed E-state index contributed by atoms with van der Waals surface area (Å²) in [6, 6.07) is 7.59. The van der Waals surface area contributed by atoms with Crippen molar-refractivity contribution in [2.24, 2.45) is 0 Å². The lowest BCUT2D eigenvalue weighted by Crippen LogP contribution is -2.37. The Labute approximate surface area is 152 Å². The minimum absolute atomic E-state index is 0.0429. The van der Waals surface area contributed by atoms with Crippen molar-refractivity contribution in [2.45, 2.75) is 6.42 Å². The molecule has 26 heavy (non-hydrogen) atoms. The number of nitrogens with one attached hydrogen (secondary N) is 2. The van der Waals surface area contributed by atoms with Crippen LogP contribution in [0.3, 0.4) is 0 Å². The summed E-state index contributed by atoms with van der Waals surface area (Å²) in [6.45, 7) is 4.99. The molecule has 0 spiro atoms. The molecule has 1 aromatic carbocycles. The van der Waals surface area contributed by atoms with Crippen molar-refractivity contribution in [1.82, 2.24) is 10.2 Å². The fourth-order valence-corrected chi connectivity index (χ4v) is 2.45. The van der Waals surface area contributed by atoms with Crippen LogP contribution in [-0.2, 0) is 9.53 Å². The van der Waals surface area contributed by atoms with Crippen LogP contribution in [0.1, 0.15) is 16.8 Å². The third kappa shape index (κ3) is 6.20. The third-order valence-corrected chi connectivity index (χ3v) is 3.90. The molecule has 1 aliphatic heterocycles. The zero-order chi connectivity index (χ0) is 18.8. The van der Waals surface area contributed by atoms with Gasteiger partial charge in [-0.05, 0) is 37.2 Å². The van der Waals surface area contributed by atoms with Gasteiger partial charge in [0.1, 0.15) is 11.6 Å². The number of nitrogens with zero attached hydrogens (tertiary/aromatic N) is 2. The van der Waals surface area contributed by atoms with E-state index in [1.807, 2.05) is 6.07 Å². The van der Waals surface area contributed by atoms with E-state index in [1.165, 1.54) is 30.5 Å². The summed E-state index contributed by atoms with van der Waals surface area (Å²) in [5.74, 6) is -1.59. The summed E-state index contributed by atoms with van der Waals surface area (Å²) in [6.07, 6.45) is 2.30. The molecule has 8 heteroatoms. The van der Waals surface area contributed by atoms with Gasteiger partial charge in [-0.3, -0.25) is 9.69 Å². The Bertz CT molecular complexity index is 688. The summed E-state index contributed by atoms with van der Waals surface area (Å²) in [7, 11) is 0. The van der Waals surface area contributed by atoms with Crippen molar-refractivity contribution in [3.8, 4) is 6.07 Å². The first-order valence-corrected chi connectivity index (χ1v) is 8.38. The van der Waals surface area contributed by atoms with E-state index in [0.29, 0.717) is 12.2 Å². The van der Waals surface area contributed by atoms with Gasteiger partial charge >= 0.3 is 5.97 Å². The molecule has 8 nitrogen and oxygen atoms in total. The van der Waals surface area contributed by atoms with Crippen LogP contribution < -0.4 is 10.6 Å². The maximum Gasteiger partial charge on any atom is 0.335 e. The topological polar surface area (TPSA) is 115 Å². The van der Waals surface area contributed by atoms with Gasteiger partial charge in [-0.2, -0.15) is 5.26 Å². The van der Waals surface area contributed by atoms with E-state index >= 15 is 0 Å².